The maximum Gasteiger partial charge on any atom is 0.193 e. The summed E-state index contributed by atoms with van der Waals surface area (Å²) in [6, 6.07) is 6.08. The molecule has 0 aliphatic carbocycles. The van der Waals surface area contributed by atoms with Crippen molar-refractivity contribution in [3.05, 3.63) is 23.9 Å². The highest BCUT2D eigenvalue weighted by Gasteiger charge is 2.21. The molecular weight excluding hydrogens is 290 g/mol. The number of aromatic nitrogens is 1. The van der Waals surface area contributed by atoms with E-state index in [0.717, 1.165) is 50.0 Å². The number of likely N-dealkylation sites (tertiary alicyclic amines) is 1. The van der Waals surface area contributed by atoms with Crippen LogP contribution in [0.15, 0.2) is 23.2 Å². The largest absolute Gasteiger partial charge is 0.378 e. The lowest BCUT2D eigenvalue weighted by atomic mass is 10.1. The Kier molecular flexibility index (Phi) is 6.65. The fraction of sp³-hybridized carbons (Fsp3) is 0.647. The Bertz CT molecular complexity index is 509. The second kappa shape index (κ2) is 8.72. The van der Waals surface area contributed by atoms with Crippen LogP contribution >= 0.6 is 0 Å². The maximum atomic E-state index is 5.71. The summed E-state index contributed by atoms with van der Waals surface area (Å²) in [5, 5.41) is 3.42. The van der Waals surface area contributed by atoms with Gasteiger partial charge in [0.05, 0.1) is 18.3 Å². The molecule has 6 heteroatoms. The van der Waals surface area contributed by atoms with Gasteiger partial charge in [-0.3, -0.25) is 4.99 Å². The fourth-order valence-corrected chi connectivity index (χ4v) is 2.79. The molecule has 1 aliphatic heterocycles. The summed E-state index contributed by atoms with van der Waals surface area (Å²) in [4.78, 5) is 13.3. The van der Waals surface area contributed by atoms with Crippen LogP contribution in [0.25, 0.3) is 0 Å². The minimum absolute atomic E-state index is 0.396. The third-order valence-corrected chi connectivity index (χ3v) is 4.03. The third kappa shape index (κ3) is 5.10. The van der Waals surface area contributed by atoms with Crippen LogP contribution in [0.2, 0.25) is 0 Å². The van der Waals surface area contributed by atoms with Gasteiger partial charge in [0.1, 0.15) is 5.82 Å². The van der Waals surface area contributed by atoms with Gasteiger partial charge in [0.25, 0.3) is 0 Å². The summed E-state index contributed by atoms with van der Waals surface area (Å²) in [7, 11) is 5.84. The topological polar surface area (TPSA) is 53.0 Å². The van der Waals surface area contributed by atoms with Crippen LogP contribution in [0.4, 0.5) is 5.82 Å². The summed E-state index contributed by atoms with van der Waals surface area (Å²) >= 11 is 0. The van der Waals surface area contributed by atoms with Gasteiger partial charge in [-0.25, -0.2) is 4.98 Å². The molecule has 0 radical (unpaired) electrons. The predicted octanol–water partition coefficient (Wildman–Crippen LogP) is 1.72. The van der Waals surface area contributed by atoms with E-state index in [9.17, 15) is 0 Å². The first kappa shape index (κ1) is 17.5. The number of rotatable bonds is 5. The second-order valence-electron chi connectivity index (χ2n) is 5.92. The number of guanidine groups is 1. The van der Waals surface area contributed by atoms with Crippen LogP contribution in [0.3, 0.4) is 0 Å². The van der Waals surface area contributed by atoms with E-state index in [4.69, 9.17) is 4.74 Å². The lowest BCUT2D eigenvalue weighted by Crippen LogP contribution is -2.46. The van der Waals surface area contributed by atoms with Gasteiger partial charge in [-0.05, 0) is 31.9 Å². The maximum absolute atomic E-state index is 5.71. The van der Waals surface area contributed by atoms with E-state index in [1.807, 2.05) is 44.2 Å². The van der Waals surface area contributed by atoms with Gasteiger partial charge in [0.15, 0.2) is 5.96 Å². The third-order valence-electron chi connectivity index (χ3n) is 4.03. The van der Waals surface area contributed by atoms with Gasteiger partial charge in [0.2, 0.25) is 0 Å². The Hall–Kier alpha value is -1.82. The van der Waals surface area contributed by atoms with Crippen molar-refractivity contribution in [1.82, 2.24) is 15.2 Å². The molecule has 2 rings (SSSR count). The minimum Gasteiger partial charge on any atom is -0.378 e. The summed E-state index contributed by atoms with van der Waals surface area (Å²) in [5.74, 6) is 1.91. The normalized spacial score (nSPS) is 16.5. The number of hydrogen-bond donors (Lipinski definition) is 1. The first-order valence-electron chi connectivity index (χ1n) is 8.34. The Labute approximate surface area is 139 Å². The van der Waals surface area contributed by atoms with Crippen LogP contribution in [-0.2, 0) is 11.3 Å². The molecule has 1 N–H and O–H groups in total. The first-order chi connectivity index (χ1) is 11.1. The smallest absolute Gasteiger partial charge is 0.193 e. The molecule has 128 valence electrons. The highest BCUT2D eigenvalue weighted by Crippen LogP contribution is 2.14. The molecule has 2 heterocycles. The molecule has 1 fully saturated rings. The van der Waals surface area contributed by atoms with Gasteiger partial charge in [-0.15, -0.1) is 0 Å². The average Bonchev–Trinajstić information content (AvgIpc) is 2.57. The van der Waals surface area contributed by atoms with Gasteiger partial charge in [-0.2, -0.15) is 0 Å². The van der Waals surface area contributed by atoms with E-state index < -0.39 is 0 Å². The predicted molar refractivity (Wildman–Crippen MR) is 95.0 cm³/mol. The van der Waals surface area contributed by atoms with Crippen molar-refractivity contribution >= 4 is 11.8 Å². The van der Waals surface area contributed by atoms with Crippen molar-refractivity contribution in [3.8, 4) is 0 Å². The SMILES string of the molecule is CCOC1CCN(C(=NC)NCc2cccc(N(C)C)n2)CC1. The zero-order valence-corrected chi connectivity index (χ0v) is 14.7. The van der Waals surface area contributed by atoms with Crippen molar-refractivity contribution in [2.24, 2.45) is 4.99 Å². The Morgan fingerprint density at radius 2 is 2.13 bits per heavy atom. The average molecular weight is 319 g/mol. The van der Waals surface area contributed by atoms with Crippen molar-refractivity contribution < 1.29 is 4.74 Å². The Balaban J connectivity index is 1.87. The van der Waals surface area contributed by atoms with E-state index in [2.05, 4.69) is 27.1 Å². The molecule has 0 unspecified atom stereocenters. The van der Waals surface area contributed by atoms with Gasteiger partial charge in [-0.1, -0.05) is 6.07 Å². The minimum atomic E-state index is 0.396. The molecule has 6 nitrogen and oxygen atoms in total. The standard InChI is InChI=1S/C17H29N5O/c1-5-23-15-9-11-22(12-10-15)17(18-2)19-13-14-7-6-8-16(20-14)21(3)4/h6-8,15H,5,9-13H2,1-4H3,(H,18,19). The van der Waals surface area contributed by atoms with E-state index in [-0.39, 0.29) is 0 Å². The molecule has 0 bridgehead atoms. The van der Waals surface area contributed by atoms with E-state index >= 15 is 0 Å². The van der Waals surface area contributed by atoms with E-state index in [1.54, 1.807) is 0 Å². The first-order valence-corrected chi connectivity index (χ1v) is 8.34. The number of hydrogen-bond acceptors (Lipinski definition) is 4. The lowest BCUT2D eigenvalue weighted by Gasteiger charge is -2.34. The fourth-order valence-electron chi connectivity index (χ4n) is 2.79. The van der Waals surface area contributed by atoms with E-state index in [1.165, 1.54) is 0 Å². The number of pyridine rings is 1. The highest BCUT2D eigenvalue weighted by atomic mass is 16.5. The molecule has 0 saturated carbocycles. The van der Waals surface area contributed by atoms with Crippen molar-refractivity contribution in [2.45, 2.75) is 32.4 Å². The number of anilines is 1. The lowest BCUT2D eigenvalue weighted by molar-refractivity contribution is 0.0263. The van der Waals surface area contributed by atoms with Crippen molar-refractivity contribution in [3.63, 3.8) is 0 Å². The number of nitrogens with one attached hydrogen (secondary N) is 1. The summed E-state index contributed by atoms with van der Waals surface area (Å²) in [5.41, 5.74) is 1.02. The molecule has 0 atom stereocenters. The van der Waals surface area contributed by atoms with Crippen LogP contribution in [0, 0.1) is 0 Å². The molecule has 1 saturated heterocycles. The number of aliphatic imine (C=N–C) groups is 1. The molecule has 23 heavy (non-hydrogen) atoms. The summed E-state index contributed by atoms with van der Waals surface area (Å²) < 4.78 is 5.71. The van der Waals surface area contributed by atoms with Crippen LogP contribution in [-0.4, -0.2) is 62.8 Å². The number of ether oxygens (including phenoxy) is 1. The van der Waals surface area contributed by atoms with E-state index in [0.29, 0.717) is 12.6 Å². The van der Waals surface area contributed by atoms with Crippen LogP contribution in [0.5, 0.6) is 0 Å². The molecule has 1 aromatic rings. The number of nitrogens with zero attached hydrogens (tertiary/aromatic N) is 4. The van der Waals surface area contributed by atoms with Gasteiger partial charge < -0.3 is 19.9 Å². The van der Waals surface area contributed by atoms with Crippen LogP contribution in [0.1, 0.15) is 25.5 Å². The molecule has 1 aromatic heterocycles. The Morgan fingerprint density at radius 1 is 1.39 bits per heavy atom. The zero-order chi connectivity index (χ0) is 16.7. The highest BCUT2D eigenvalue weighted by molar-refractivity contribution is 5.79. The molecule has 0 aromatic carbocycles. The Morgan fingerprint density at radius 3 is 2.74 bits per heavy atom. The van der Waals surface area contributed by atoms with Crippen molar-refractivity contribution in [1.29, 1.82) is 0 Å². The zero-order valence-electron chi connectivity index (χ0n) is 14.7. The summed E-state index contributed by atoms with van der Waals surface area (Å²) in [6.07, 6.45) is 2.51. The second-order valence-corrected chi connectivity index (χ2v) is 5.92. The van der Waals surface area contributed by atoms with Crippen molar-refractivity contribution in [2.75, 3.05) is 45.7 Å². The monoisotopic (exact) mass is 319 g/mol. The molecule has 0 amide bonds. The van der Waals surface area contributed by atoms with Gasteiger partial charge >= 0.3 is 0 Å². The van der Waals surface area contributed by atoms with Crippen LogP contribution < -0.4 is 10.2 Å². The van der Waals surface area contributed by atoms with Gasteiger partial charge in [0, 0.05) is 40.8 Å². The molecule has 1 aliphatic rings. The number of piperidine rings is 1. The molecule has 0 spiro atoms. The summed E-state index contributed by atoms with van der Waals surface area (Å²) in [6.45, 7) is 5.50. The quantitative estimate of drug-likeness (QED) is 0.661. The molecular formula is C17H29N5O.